The lowest BCUT2D eigenvalue weighted by Gasteiger charge is -2.25. The lowest BCUT2D eigenvalue weighted by Crippen LogP contribution is -2.37. The molecule has 0 spiro atoms. The van der Waals surface area contributed by atoms with E-state index in [1.165, 1.54) is 0 Å². The fourth-order valence-corrected chi connectivity index (χ4v) is 3.77. The Morgan fingerprint density at radius 1 is 1.00 bits per heavy atom. The van der Waals surface area contributed by atoms with Crippen molar-refractivity contribution in [1.82, 2.24) is 5.32 Å². The van der Waals surface area contributed by atoms with Gasteiger partial charge in [-0.2, -0.15) is 0 Å². The Kier molecular flexibility index (Phi) is 6.03. The van der Waals surface area contributed by atoms with Gasteiger partial charge in [0.15, 0.2) is 0 Å². The second-order valence-electron chi connectivity index (χ2n) is 8.00. The third-order valence-electron chi connectivity index (χ3n) is 5.59. The van der Waals surface area contributed by atoms with E-state index in [-0.39, 0.29) is 17.7 Å². The van der Waals surface area contributed by atoms with E-state index in [1.807, 2.05) is 74.5 Å². The summed E-state index contributed by atoms with van der Waals surface area (Å²) in [6, 6.07) is 21.0. The van der Waals surface area contributed by atoms with Gasteiger partial charge in [0.1, 0.15) is 12.4 Å². The van der Waals surface area contributed by atoms with Gasteiger partial charge < -0.3 is 15.4 Å². The van der Waals surface area contributed by atoms with Crippen molar-refractivity contribution in [2.75, 3.05) is 11.9 Å². The molecule has 158 valence electrons. The number of anilines is 1. The molecule has 3 aromatic carbocycles. The van der Waals surface area contributed by atoms with Crippen molar-refractivity contribution in [2.45, 2.75) is 26.8 Å². The van der Waals surface area contributed by atoms with Crippen molar-refractivity contribution < 1.29 is 14.3 Å². The number of carbonyl (C=O) groups is 2. The first kappa shape index (κ1) is 20.7. The van der Waals surface area contributed by atoms with Crippen LogP contribution in [0.4, 0.5) is 5.69 Å². The molecule has 2 amide bonds. The van der Waals surface area contributed by atoms with Crippen LogP contribution in [-0.4, -0.2) is 18.4 Å². The lowest BCUT2D eigenvalue weighted by atomic mass is 9.95. The molecule has 4 rings (SSSR count). The SMILES string of the molecule is Cc1cccc(C(=O)Nc2ccc3c(c2)C[C@@H](C(=O)NCc2ccccc2C)CO3)c1. The van der Waals surface area contributed by atoms with E-state index in [9.17, 15) is 9.59 Å². The molecule has 31 heavy (non-hydrogen) atoms. The van der Waals surface area contributed by atoms with Crippen LogP contribution in [0.25, 0.3) is 0 Å². The molecule has 2 N–H and O–H groups in total. The van der Waals surface area contributed by atoms with Crippen LogP contribution in [0.5, 0.6) is 5.75 Å². The first-order chi connectivity index (χ1) is 15.0. The molecule has 0 aromatic heterocycles. The summed E-state index contributed by atoms with van der Waals surface area (Å²) >= 11 is 0. The Morgan fingerprint density at radius 2 is 1.84 bits per heavy atom. The number of fused-ring (bicyclic) bond motifs is 1. The summed E-state index contributed by atoms with van der Waals surface area (Å²) in [5.41, 5.74) is 5.52. The maximum absolute atomic E-state index is 12.7. The van der Waals surface area contributed by atoms with Gasteiger partial charge in [-0.15, -0.1) is 0 Å². The van der Waals surface area contributed by atoms with Gasteiger partial charge in [0.2, 0.25) is 5.91 Å². The fourth-order valence-electron chi connectivity index (χ4n) is 3.77. The third kappa shape index (κ3) is 4.94. The molecule has 0 saturated heterocycles. The fraction of sp³-hybridized carbons (Fsp3) is 0.231. The predicted octanol–water partition coefficient (Wildman–Crippen LogP) is 4.42. The number of hydrogen-bond donors (Lipinski definition) is 2. The third-order valence-corrected chi connectivity index (χ3v) is 5.59. The number of aryl methyl sites for hydroxylation is 2. The number of hydrogen-bond acceptors (Lipinski definition) is 3. The molecule has 1 heterocycles. The Labute approximate surface area is 182 Å². The molecule has 0 saturated carbocycles. The van der Waals surface area contributed by atoms with Crippen molar-refractivity contribution in [1.29, 1.82) is 0 Å². The van der Waals surface area contributed by atoms with Crippen LogP contribution in [-0.2, 0) is 17.8 Å². The molecular formula is C26H26N2O3. The van der Waals surface area contributed by atoms with Crippen LogP contribution in [0.2, 0.25) is 0 Å². The molecule has 0 fully saturated rings. The van der Waals surface area contributed by atoms with E-state index < -0.39 is 0 Å². The summed E-state index contributed by atoms with van der Waals surface area (Å²) in [4.78, 5) is 25.3. The number of ether oxygens (including phenoxy) is 1. The van der Waals surface area contributed by atoms with E-state index in [0.717, 1.165) is 28.0 Å². The van der Waals surface area contributed by atoms with Gasteiger partial charge in [-0.3, -0.25) is 9.59 Å². The van der Waals surface area contributed by atoms with Gasteiger partial charge in [-0.1, -0.05) is 42.0 Å². The van der Waals surface area contributed by atoms with Crippen molar-refractivity contribution >= 4 is 17.5 Å². The second-order valence-corrected chi connectivity index (χ2v) is 8.00. The Bertz CT molecular complexity index is 1120. The standard InChI is InChI=1S/C26H26N2O3/c1-17-6-5-9-19(12-17)26(30)28-23-10-11-24-21(14-23)13-22(16-31-24)25(29)27-15-20-8-4-3-7-18(20)2/h3-12,14,22H,13,15-16H2,1-2H3,(H,27,29)(H,28,30)/t22-/m1/s1. The summed E-state index contributed by atoms with van der Waals surface area (Å²) in [6.45, 7) is 4.84. The summed E-state index contributed by atoms with van der Waals surface area (Å²) < 4.78 is 5.82. The number of amides is 2. The van der Waals surface area contributed by atoms with Crippen LogP contribution in [0.15, 0.2) is 66.7 Å². The first-order valence-electron chi connectivity index (χ1n) is 10.5. The highest BCUT2D eigenvalue weighted by Gasteiger charge is 2.26. The number of nitrogens with one attached hydrogen (secondary N) is 2. The van der Waals surface area contributed by atoms with Crippen molar-refractivity contribution in [2.24, 2.45) is 5.92 Å². The zero-order valence-corrected chi connectivity index (χ0v) is 17.8. The van der Waals surface area contributed by atoms with Crippen LogP contribution in [0.3, 0.4) is 0 Å². The average molecular weight is 415 g/mol. The molecule has 3 aromatic rings. The Balaban J connectivity index is 1.40. The topological polar surface area (TPSA) is 67.4 Å². The zero-order valence-electron chi connectivity index (χ0n) is 17.8. The minimum atomic E-state index is -0.265. The molecular weight excluding hydrogens is 388 g/mol. The molecule has 0 bridgehead atoms. The number of benzene rings is 3. The van der Waals surface area contributed by atoms with Gasteiger partial charge in [0.25, 0.3) is 5.91 Å². The normalized spacial score (nSPS) is 14.8. The summed E-state index contributed by atoms with van der Waals surface area (Å²) in [6.07, 6.45) is 0.573. The molecule has 5 nitrogen and oxygen atoms in total. The van der Waals surface area contributed by atoms with Crippen LogP contribution < -0.4 is 15.4 Å². The van der Waals surface area contributed by atoms with Gasteiger partial charge in [0, 0.05) is 17.8 Å². The number of carbonyl (C=O) groups excluding carboxylic acids is 2. The predicted molar refractivity (Wildman–Crippen MR) is 121 cm³/mol. The highest BCUT2D eigenvalue weighted by Crippen LogP contribution is 2.30. The van der Waals surface area contributed by atoms with Gasteiger partial charge in [-0.25, -0.2) is 0 Å². The second kappa shape index (κ2) is 9.04. The maximum atomic E-state index is 12.7. The molecule has 1 aliphatic rings. The highest BCUT2D eigenvalue weighted by molar-refractivity contribution is 6.04. The zero-order chi connectivity index (χ0) is 21.8. The van der Waals surface area contributed by atoms with Crippen molar-refractivity contribution in [3.8, 4) is 5.75 Å². The Morgan fingerprint density at radius 3 is 2.65 bits per heavy atom. The van der Waals surface area contributed by atoms with Crippen molar-refractivity contribution in [3.05, 3.63) is 94.5 Å². The van der Waals surface area contributed by atoms with E-state index in [2.05, 4.69) is 10.6 Å². The van der Waals surface area contributed by atoms with Gasteiger partial charge in [0.05, 0.1) is 5.92 Å². The molecule has 0 unspecified atom stereocenters. The Hall–Kier alpha value is -3.60. The molecule has 0 radical (unpaired) electrons. The first-order valence-corrected chi connectivity index (χ1v) is 10.5. The summed E-state index contributed by atoms with van der Waals surface area (Å²) in [5.74, 6) is 0.312. The molecule has 1 atom stereocenters. The van der Waals surface area contributed by atoms with Crippen LogP contribution >= 0.6 is 0 Å². The van der Waals surface area contributed by atoms with Gasteiger partial charge >= 0.3 is 0 Å². The minimum absolute atomic E-state index is 0.0249. The van der Waals surface area contributed by atoms with Crippen LogP contribution in [0.1, 0.15) is 32.6 Å². The van der Waals surface area contributed by atoms with E-state index in [1.54, 1.807) is 6.07 Å². The van der Waals surface area contributed by atoms with E-state index >= 15 is 0 Å². The number of rotatable bonds is 5. The largest absolute Gasteiger partial charge is 0.492 e. The maximum Gasteiger partial charge on any atom is 0.255 e. The summed E-state index contributed by atoms with van der Waals surface area (Å²) in [7, 11) is 0. The monoisotopic (exact) mass is 414 g/mol. The minimum Gasteiger partial charge on any atom is -0.492 e. The van der Waals surface area contributed by atoms with Crippen LogP contribution in [0, 0.1) is 19.8 Å². The van der Waals surface area contributed by atoms with E-state index in [4.69, 9.17) is 4.74 Å². The summed E-state index contributed by atoms with van der Waals surface area (Å²) in [5, 5.41) is 5.96. The average Bonchev–Trinajstić information content (AvgIpc) is 2.78. The lowest BCUT2D eigenvalue weighted by molar-refractivity contribution is -0.126. The van der Waals surface area contributed by atoms with Crippen molar-refractivity contribution in [3.63, 3.8) is 0 Å². The molecule has 1 aliphatic heterocycles. The molecule has 5 heteroatoms. The quantitative estimate of drug-likeness (QED) is 0.649. The smallest absolute Gasteiger partial charge is 0.255 e. The highest BCUT2D eigenvalue weighted by atomic mass is 16.5. The van der Waals surface area contributed by atoms with E-state index in [0.29, 0.717) is 30.8 Å². The molecule has 0 aliphatic carbocycles. The van der Waals surface area contributed by atoms with Gasteiger partial charge in [-0.05, 0) is 67.3 Å².